The first-order chi connectivity index (χ1) is 5.82. The summed E-state index contributed by atoms with van der Waals surface area (Å²) in [5, 5.41) is 19.2. The molecule has 13 heavy (non-hydrogen) atoms. The monoisotopic (exact) mass is 220 g/mol. The molecular formula is C9H10Cl2O2. The lowest BCUT2D eigenvalue weighted by molar-refractivity contribution is 0.0786. The Bertz CT molecular complexity index is 306. The third-order valence-electron chi connectivity index (χ3n) is 1.72. The van der Waals surface area contributed by atoms with Gasteiger partial charge in [0.1, 0.15) is 0 Å². The van der Waals surface area contributed by atoms with Gasteiger partial charge in [-0.15, -0.1) is 0 Å². The summed E-state index contributed by atoms with van der Waals surface area (Å²) in [6.07, 6.45) is 0. The fourth-order valence-electron chi connectivity index (χ4n) is 0.919. The molecule has 0 bridgehead atoms. The van der Waals surface area contributed by atoms with Crippen molar-refractivity contribution in [2.75, 3.05) is 0 Å². The average Bonchev–Trinajstić information content (AvgIpc) is 1.97. The van der Waals surface area contributed by atoms with Crippen molar-refractivity contribution in [1.82, 2.24) is 0 Å². The normalized spacial score (nSPS) is 11.8. The maximum atomic E-state index is 9.63. The zero-order valence-corrected chi connectivity index (χ0v) is 8.82. The topological polar surface area (TPSA) is 40.5 Å². The molecular weight excluding hydrogens is 211 g/mol. The van der Waals surface area contributed by atoms with E-state index in [-0.39, 0.29) is 15.8 Å². The van der Waals surface area contributed by atoms with Gasteiger partial charge in [0.15, 0.2) is 5.75 Å². The Kier molecular flexibility index (Phi) is 2.76. The maximum absolute atomic E-state index is 9.63. The molecule has 2 nitrogen and oxygen atoms in total. The van der Waals surface area contributed by atoms with E-state index in [2.05, 4.69) is 0 Å². The standard InChI is InChI=1S/C9H10Cl2O2/c1-9(2,13)5-3-6(10)8(12)7(11)4-5/h3-4,12-13H,1-2H3. The predicted octanol–water partition coefficient (Wildman–Crippen LogP) is 2.93. The SMILES string of the molecule is CC(C)(O)c1cc(Cl)c(O)c(Cl)c1. The van der Waals surface area contributed by atoms with E-state index in [1.165, 1.54) is 12.1 Å². The summed E-state index contributed by atoms with van der Waals surface area (Å²) >= 11 is 11.4. The van der Waals surface area contributed by atoms with Crippen molar-refractivity contribution < 1.29 is 10.2 Å². The summed E-state index contributed by atoms with van der Waals surface area (Å²) in [4.78, 5) is 0. The van der Waals surface area contributed by atoms with E-state index in [1.54, 1.807) is 13.8 Å². The molecule has 0 saturated carbocycles. The number of benzene rings is 1. The highest BCUT2D eigenvalue weighted by molar-refractivity contribution is 6.37. The average molecular weight is 221 g/mol. The fraction of sp³-hybridized carbons (Fsp3) is 0.333. The second kappa shape index (κ2) is 3.37. The molecule has 0 aliphatic rings. The number of hydrogen-bond donors (Lipinski definition) is 2. The minimum atomic E-state index is -1.01. The molecule has 0 aliphatic heterocycles. The van der Waals surface area contributed by atoms with Gasteiger partial charge in [-0.05, 0) is 31.5 Å². The Hall–Kier alpha value is -0.440. The van der Waals surface area contributed by atoms with Crippen LogP contribution in [0.1, 0.15) is 19.4 Å². The van der Waals surface area contributed by atoms with Gasteiger partial charge in [-0.25, -0.2) is 0 Å². The highest BCUT2D eigenvalue weighted by Crippen LogP contribution is 2.35. The number of rotatable bonds is 1. The van der Waals surface area contributed by atoms with Crippen LogP contribution in [0, 0.1) is 0 Å². The number of phenols is 1. The number of phenolic OH excluding ortho intramolecular Hbond substituents is 1. The summed E-state index contributed by atoms with van der Waals surface area (Å²) in [7, 11) is 0. The molecule has 0 spiro atoms. The predicted molar refractivity (Wildman–Crippen MR) is 53.4 cm³/mol. The quantitative estimate of drug-likeness (QED) is 0.765. The van der Waals surface area contributed by atoms with Crippen LogP contribution in [0.3, 0.4) is 0 Å². The molecule has 0 unspecified atom stereocenters. The Morgan fingerprint density at radius 1 is 1.15 bits per heavy atom. The van der Waals surface area contributed by atoms with Gasteiger partial charge in [0.25, 0.3) is 0 Å². The molecule has 0 atom stereocenters. The van der Waals surface area contributed by atoms with E-state index in [0.717, 1.165) is 0 Å². The van der Waals surface area contributed by atoms with Gasteiger partial charge in [0, 0.05) is 0 Å². The Morgan fingerprint density at radius 3 is 1.85 bits per heavy atom. The van der Waals surface area contributed by atoms with Crippen molar-refractivity contribution in [3.05, 3.63) is 27.7 Å². The number of aliphatic hydroxyl groups is 1. The lowest BCUT2D eigenvalue weighted by atomic mass is 9.98. The highest BCUT2D eigenvalue weighted by atomic mass is 35.5. The summed E-state index contributed by atoms with van der Waals surface area (Å²) in [6.45, 7) is 3.23. The highest BCUT2D eigenvalue weighted by Gasteiger charge is 2.18. The largest absolute Gasteiger partial charge is 0.505 e. The third kappa shape index (κ3) is 2.27. The van der Waals surface area contributed by atoms with E-state index in [9.17, 15) is 10.2 Å². The molecule has 1 rings (SSSR count). The molecule has 1 aromatic carbocycles. The van der Waals surface area contributed by atoms with Gasteiger partial charge in [-0.3, -0.25) is 0 Å². The molecule has 0 fully saturated rings. The minimum absolute atomic E-state index is 0.143. The molecule has 0 aromatic heterocycles. The van der Waals surface area contributed by atoms with Crippen molar-refractivity contribution in [3.8, 4) is 5.75 Å². The van der Waals surface area contributed by atoms with Crippen LogP contribution in [0.2, 0.25) is 10.0 Å². The first-order valence-electron chi connectivity index (χ1n) is 3.73. The summed E-state index contributed by atoms with van der Waals surface area (Å²) in [6, 6.07) is 2.98. The van der Waals surface area contributed by atoms with Crippen molar-refractivity contribution in [1.29, 1.82) is 0 Å². The van der Waals surface area contributed by atoms with E-state index >= 15 is 0 Å². The van der Waals surface area contributed by atoms with Crippen molar-refractivity contribution in [2.24, 2.45) is 0 Å². The first kappa shape index (κ1) is 10.6. The van der Waals surface area contributed by atoms with Gasteiger partial charge in [0.05, 0.1) is 15.6 Å². The van der Waals surface area contributed by atoms with Crippen LogP contribution >= 0.6 is 23.2 Å². The van der Waals surface area contributed by atoms with E-state index in [0.29, 0.717) is 5.56 Å². The minimum Gasteiger partial charge on any atom is -0.505 e. The second-order valence-corrected chi connectivity index (χ2v) is 4.16. The van der Waals surface area contributed by atoms with Gasteiger partial charge >= 0.3 is 0 Å². The molecule has 72 valence electrons. The van der Waals surface area contributed by atoms with Crippen LogP contribution in [0.25, 0.3) is 0 Å². The van der Waals surface area contributed by atoms with Crippen LogP contribution in [0.5, 0.6) is 5.75 Å². The maximum Gasteiger partial charge on any atom is 0.152 e. The molecule has 0 radical (unpaired) electrons. The van der Waals surface area contributed by atoms with E-state index < -0.39 is 5.60 Å². The Labute approximate surface area is 86.7 Å². The van der Waals surface area contributed by atoms with Gasteiger partial charge in [0.2, 0.25) is 0 Å². The second-order valence-electron chi connectivity index (χ2n) is 3.35. The third-order valence-corrected chi connectivity index (χ3v) is 2.30. The van der Waals surface area contributed by atoms with Crippen LogP contribution in [0.4, 0.5) is 0 Å². The molecule has 1 aromatic rings. The van der Waals surface area contributed by atoms with Crippen LogP contribution in [-0.4, -0.2) is 10.2 Å². The molecule has 2 N–H and O–H groups in total. The molecule has 0 amide bonds. The van der Waals surface area contributed by atoms with E-state index in [4.69, 9.17) is 23.2 Å². The molecule has 0 heterocycles. The molecule has 0 saturated heterocycles. The van der Waals surface area contributed by atoms with E-state index in [1.807, 2.05) is 0 Å². The number of aromatic hydroxyl groups is 1. The number of halogens is 2. The lowest BCUT2D eigenvalue weighted by Crippen LogP contribution is -2.15. The summed E-state index contributed by atoms with van der Waals surface area (Å²) in [5.41, 5.74) is -0.443. The molecule has 0 aliphatic carbocycles. The van der Waals surface area contributed by atoms with Crippen LogP contribution in [0.15, 0.2) is 12.1 Å². The summed E-state index contributed by atoms with van der Waals surface area (Å²) < 4.78 is 0. The zero-order chi connectivity index (χ0) is 10.2. The van der Waals surface area contributed by atoms with Gasteiger partial charge < -0.3 is 10.2 Å². The van der Waals surface area contributed by atoms with Crippen molar-refractivity contribution in [3.63, 3.8) is 0 Å². The van der Waals surface area contributed by atoms with Crippen molar-refractivity contribution in [2.45, 2.75) is 19.4 Å². The fourth-order valence-corrected chi connectivity index (χ4v) is 1.41. The molecule has 4 heteroatoms. The smallest absolute Gasteiger partial charge is 0.152 e. The van der Waals surface area contributed by atoms with Gasteiger partial charge in [-0.2, -0.15) is 0 Å². The van der Waals surface area contributed by atoms with Gasteiger partial charge in [-0.1, -0.05) is 23.2 Å². The first-order valence-corrected chi connectivity index (χ1v) is 4.49. The Balaban J connectivity index is 3.29. The Morgan fingerprint density at radius 2 is 1.54 bits per heavy atom. The zero-order valence-electron chi connectivity index (χ0n) is 7.31. The number of hydrogen-bond acceptors (Lipinski definition) is 2. The lowest BCUT2D eigenvalue weighted by Gasteiger charge is -2.18. The van der Waals surface area contributed by atoms with Crippen LogP contribution < -0.4 is 0 Å². The van der Waals surface area contributed by atoms with Crippen LogP contribution in [-0.2, 0) is 5.60 Å². The summed E-state index contributed by atoms with van der Waals surface area (Å²) in [5.74, 6) is -0.156. The van der Waals surface area contributed by atoms with Crippen molar-refractivity contribution >= 4 is 23.2 Å².